The van der Waals surface area contributed by atoms with Crippen LogP contribution < -0.4 is 10.2 Å². The number of hydrogen-bond donors (Lipinski definition) is 1. The molecule has 110 valence electrons. The van der Waals surface area contributed by atoms with Gasteiger partial charge in [-0.3, -0.25) is 0 Å². The zero-order valence-corrected chi connectivity index (χ0v) is 12.8. The number of nitrogens with one attached hydrogen (secondary N) is 1. The molecule has 0 radical (unpaired) electrons. The van der Waals surface area contributed by atoms with Gasteiger partial charge in [-0.2, -0.15) is 0 Å². The Labute approximate surface area is 126 Å². The lowest BCUT2D eigenvalue weighted by molar-refractivity contribution is 0.161. The summed E-state index contributed by atoms with van der Waals surface area (Å²) in [6, 6.07) is 7.21. The molecule has 20 heavy (non-hydrogen) atoms. The summed E-state index contributed by atoms with van der Waals surface area (Å²) in [6.45, 7) is 3.90. The predicted octanol–water partition coefficient (Wildman–Crippen LogP) is 3.06. The van der Waals surface area contributed by atoms with E-state index in [1.165, 1.54) is 30.5 Å². The number of ether oxygens (including phenoxy) is 1. The zero-order chi connectivity index (χ0) is 13.9. The maximum absolute atomic E-state index is 6.46. The minimum atomic E-state index is 0.632. The Morgan fingerprint density at radius 3 is 2.90 bits per heavy atom. The molecule has 1 N–H and O–H groups in total. The third kappa shape index (κ3) is 3.46. The largest absolute Gasteiger partial charge is 0.384 e. The van der Waals surface area contributed by atoms with Crippen LogP contribution >= 0.6 is 11.6 Å². The van der Waals surface area contributed by atoms with E-state index in [0.29, 0.717) is 5.92 Å². The molecule has 0 spiro atoms. The summed E-state index contributed by atoms with van der Waals surface area (Å²) in [5, 5.41) is 4.40. The molecule has 1 unspecified atom stereocenters. The topological polar surface area (TPSA) is 24.5 Å². The maximum atomic E-state index is 6.46. The lowest BCUT2D eigenvalue weighted by Gasteiger charge is -2.20. The third-order valence-electron chi connectivity index (χ3n) is 4.21. The van der Waals surface area contributed by atoms with Gasteiger partial charge in [0.25, 0.3) is 0 Å². The van der Waals surface area contributed by atoms with Crippen molar-refractivity contribution in [3.8, 4) is 0 Å². The molecule has 0 amide bonds. The highest BCUT2D eigenvalue weighted by molar-refractivity contribution is 6.33. The van der Waals surface area contributed by atoms with Crippen molar-refractivity contribution < 1.29 is 4.74 Å². The first-order chi connectivity index (χ1) is 9.76. The number of halogens is 1. The molecular formula is C16H23ClN2O. The van der Waals surface area contributed by atoms with E-state index in [2.05, 4.69) is 28.4 Å². The first-order valence-electron chi connectivity index (χ1n) is 7.52. The van der Waals surface area contributed by atoms with Crippen LogP contribution in [0.1, 0.15) is 24.8 Å². The van der Waals surface area contributed by atoms with Gasteiger partial charge in [-0.25, -0.2) is 0 Å². The second kappa shape index (κ2) is 6.33. The van der Waals surface area contributed by atoms with Crippen molar-refractivity contribution in [1.82, 2.24) is 5.32 Å². The lowest BCUT2D eigenvalue weighted by Crippen LogP contribution is -2.21. The minimum Gasteiger partial charge on any atom is -0.384 e. The Hall–Kier alpha value is -0.770. The molecule has 1 aromatic carbocycles. The highest BCUT2D eigenvalue weighted by Gasteiger charge is 2.24. The second-order valence-electron chi connectivity index (χ2n) is 6.00. The number of hydrogen-bond acceptors (Lipinski definition) is 3. The fourth-order valence-electron chi connectivity index (χ4n) is 2.89. The van der Waals surface area contributed by atoms with E-state index in [1.807, 2.05) is 0 Å². The smallest absolute Gasteiger partial charge is 0.0642 e. The van der Waals surface area contributed by atoms with Crippen LogP contribution in [-0.4, -0.2) is 32.8 Å². The zero-order valence-electron chi connectivity index (χ0n) is 12.1. The standard InChI is InChI=1S/C16H23ClN2O/c1-20-11-13-6-7-19(10-13)16-5-2-12(8-15(16)17)9-18-14-3-4-14/h2,5,8,13-14,18H,3-4,6-7,9-11H2,1H3. The van der Waals surface area contributed by atoms with Gasteiger partial charge >= 0.3 is 0 Å². The third-order valence-corrected chi connectivity index (χ3v) is 4.52. The average molecular weight is 295 g/mol. The van der Waals surface area contributed by atoms with Crippen molar-refractivity contribution in [2.24, 2.45) is 5.92 Å². The van der Waals surface area contributed by atoms with Crippen LogP contribution in [0.15, 0.2) is 18.2 Å². The van der Waals surface area contributed by atoms with E-state index in [1.54, 1.807) is 7.11 Å². The Bertz CT molecular complexity index is 462. The summed E-state index contributed by atoms with van der Waals surface area (Å²) in [5.74, 6) is 0.632. The lowest BCUT2D eigenvalue weighted by atomic mass is 10.1. The number of rotatable bonds is 6. The van der Waals surface area contributed by atoms with E-state index < -0.39 is 0 Å². The van der Waals surface area contributed by atoms with Gasteiger partial charge in [0.1, 0.15) is 0 Å². The van der Waals surface area contributed by atoms with Crippen LogP contribution in [0.5, 0.6) is 0 Å². The molecule has 1 aromatic rings. The summed E-state index contributed by atoms with van der Waals surface area (Å²) < 4.78 is 5.25. The van der Waals surface area contributed by atoms with E-state index in [4.69, 9.17) is 16.3 Å². The van der Waals surface area contributed by atoms with E-state index in [9.17, 15) is 0 Å². The summed E-state index contributed by atoms with van der Waals surface area (Å²) in [7, 11) is 1.78. The van der Waals surface area contributed by atoms with Gasteiger partial charge < -0.3 is 15.0 Å². The molecule has 1 saturated carbocycles. The Balaban J connectivity index is 1.61. The number of anilines is 1. The van der Waals surface area contributed by atoms with Gasteiger partial charge in [0.05, 0.1) is 17.3 Å². The molecule has 3 nitrogen and oxygen atoms in total. The molecule has 2 fully saturated rings. The minimum absolute atomic E-state index is 0.632. The second-order valence-corrected chi connectivity index (χ2v) is 6.40. The van der Waals surface area contributed by atoms with Crippen molar-refractivity contribution >= 4 is 17.3 Å². The molecule has 0 aromatic heterocycles. The van der Waals surface area contributed by atoms with Gasteiger partial charge in [-0.15, -0.1) is 0 Å². The van der Waals surface area contributed by atoms with Crippen LogP contribution in [0.25, 0.3) is 0 Å². The molecule has 1 saturated heterocycles. The van der Waals surface area contributed by atoms with E-state index in [-0.39, 0.29) is 0 Å². The molecule has 1 atom stereocenters. The van der Waals surface area contributed by atoms with Crippen LogP contribution in [0.3, 0.4) is 0 Å². The van der Waals surface area contributed by atoms with Gasteiger partial charge in [0, 0.05) is 38.7 Å². The number of benzene rings is 1. The van der Waals surface area contributed by atoms with Gasteiger partial charge in [-0.1, -0.05) is 17.7 Å². The maximum Gasteiger partial charge on any atom is 0.0642 e. The quantitative estimate of drug-likeness (QED) is 0.873. The van der Waals surface area contributed by atoms with Crippen molar-refractivity contribution in [3.63, 3.8) is 0 Å². The molecular weight excluding hydrogens is 272 g/mol. The summed E-state index contributed by atoms with van der Waals surface area (Å²) in [5.41, 5.74) is 2.44. The predicted molar refractivity (Wildman–Crippen MR) is 83.5 cm³/mol. The summed E-state index contributed by atoms with van der Waals surface area (Å²) in [6.07, 6.45) is 3.83. The average Bonchev–Trinajstić information content (AvgIpc) is 3.16. The molecule has 1 aliphatic heterocycles. The monoisotopic (exact) mass is 294 g/mol. The first-order valence-corrected chi connectivity index (χ1v) is 7.89. The van der Waals surface area contributed by atoms with Crippen LogP contribution in [0, 0.1) is 5.92 Å². The van der Waals surface area contributed by atoms with Crippen molar-refractivity contribution in [2.45, 2.75) is 31.8 Å². The van der Waals surface area contributed by atoms with Crippen LogP contribution in [-0.2, 0) is 11.3 Å². The highest BCUT2D eigenvalue weighted by Crippen LogP contribution is 2.31. The number of nitrogens with zero attached hydrogens (tertiary/aromatic N) is 1. The molecule has 0 bridgehead atoms. The van der Waals surface area contributed by atoms with E-state index in [0.717, 1.165) is 37.3 Å². The normalized spacial score (nSPS) is 22.5. The molecule has 2 aliphatic rings. The Morgan fingerprint density at radius 2 is 2.20 bits per heavy atom. The highest BCUT2D eigenvalue weighted by atomic mass is 35.5. The first kappa shape index (κ1) is 14.2. The molecule has 3 rings (SSSR count). The summed E-state index contributed by atoms with van der Waals surface area (Å²) >= 11 is 6.46. The molecule has 1 heterocycles. The van der Waals surface area contributed by atoms with Gasteiger partial charge in [0.15, 0.2) is 0 Å². The Morgan fingerprint density at radius 1 is 1.35 bits per heavy atom. The SMILES string of the molecule is COCC1CCN(c2ccc(CNC3CC3)cc2Cl)C1. The van der Waals surface area contributed by atoms with E-state index >= 15 is 0 Å². The van der Waals surface area contributed by atoms with Gasteiger partial charge in [-0.05, 0) is 37.0 Å². The van der Waals surface area contributed by atoms with Crippen molar-refractivity contribution in [1.29, 1.82) is 0 Å². The fourth-order valence-corrected chi connectivity index (χ4v) is 3.21. The van der Waals surface area contributed by atoms with Crippen LogP contribution in [0.4, 0.5) is 5.69 Å². The van der Waals surface area contributed by atoms with Crippen molar-refractivity contribution in [3.05, 3.63) is 28.8 Å². The molecule has 1 aliphatic carbocycles. The van der Waals surface area contributed by atoms with Crippen molar-refractivity contribution in [2.75, 3.05) is 31.7 Å². The molecule has 4 heteroatoms. The van der Waals surface area contributed by atoms with Gasteiger partial charge in [0.2, 0.25) is 0 Å². The summed E-state index contributed by atoms with van der Waals surface area (Å²) in [4.78, 5) is 2.38. The fraction of sp³-hybridized carbons (Fsp3) is 0.625. The number of methoxy groups -OCH3 is 1. The Kier molecular flexibility index (Phi) is 4.49. The van der Waals surface area contributed by atoms with Crippen LogP contribution in [0.2, 0.25) is 5.02 Å².